The third-order valence-corrected chi connectivity index (χ3v) is 9.77. The third-order valence-electron chi connectivity index (χ3n) is 9.77. The standard InChI is InChI=1S/C44H25N3O2/c1-3-13-26(14-4-1)40-32-25-28(23-24-33(32)45-44(46-40)27-15-5-2-6-16-27)47-34-20-10-7-17-29(34)39-41(47)43-38(31-19-9-12-22-36(31)49-43)37-30-18-8-11-21-35(30)48-42(37)39/h1-25H. The third kappa shape index (κ3) is 3.70. The van der Waals surface area contributed by atoms with Gasteiger partial charge in [-0.1, -0.05) is 115 Å². The second-order valence-corrected chi connectivity index (χ2v) is 12.5. The summed E-state index contributed by atoms with van der Waals surface area (Å²) < 4.78 is 15.9. The molecular formula is C44H25N3O2. The number of para-hydroxylation sites is 3. The van der Waals surface area contributed by atoms with Crippen LogP contribution in [-0.2, 0) is 0 Å². The van der Waals surface area contributed by atoms with Crippen LogP contribution in [0.1, 0.15) is 0 Å². The molecule has 0 N–H and O–H groups in total. The average molecular weight is 628 g/mol. The Morgan fingerprint density at radius 2 is 1.04 bits per heavy atom. The molecule has 5 nitrogen and oxygen atoms in total. The molecule has 0 saturated carbocycles. The summed E-state index contributed by atoms with van der Waals surface area (Å²) in [7, 11) is 0. The van der Waals surface area contributed by atoms with Crippen molar-refractivity contribution in [1.29, 1.82) is 0 Å². The molecule has 0 aliphatic rings. The largest absolute Gasteiger partial charge is 0.455 e. The maximum atomic E-state index is 6.84. The summed E-state index contributed by atoms with van der Waals surface area (Å²) in [6, 6.07) is 52.1. The van der Waals surface area contributed by atoms with Gasteiger partial charge in [0.1, 0.15) is 22.3 Å². The lowest BCUT2D eigenvalue weighted by molar-refractivity contribution is 0.667. The predicted molar refractivity (Wildman–Crippen MR) is 199 cm³/mol. The molecule has 0 spiro atoms. The van der Waals surface area contributed by atoms with Crippen LogP contribution in [0.3, 0.4) is 0 Å². The van der Waals surface area contributed by atoms with Gasteiger partial charge in [0.2, 0.25) is 0 Å². The van der Waals surface area contributed by atoms with Crippen LogP contribution >= 0.6 is 0 Å². The van der Waals surface area contributed by atoms with Crippen LogP contribution in [0.4, 0.5) is 0 Å². The molecule has 49 heavy (non-hydrogen) atoms. The molecule has 0 atom stereocenters. The molecule has 5 heteroatoms. The Bertz CT molecular complexity index is 3100. The number of benzene rings is 7. The van der Waals surface area contributed by atoms with E-state index < -0.39 is 0 Å². The van der Waals surface area contributed by atoms with Gasteiger partial charge in [-0.15, -0.1) is 0 Å². The van der Waals surface area contributed by atoms with Gasteiger partial charge in [0.25, 0.3) is 0 Å². The second kappa shape index (κ2) is 9.89. The summed E-state index contributed by atoms with van der Waals surface area (Å²) in [5, 5.41) is 7.40. The minimum atomic E-state index is 0.702. The summed E-state index contributed by atoms with van der Waals surface area (Å²) in [6.07, 6.45) is 0. The minimum absolute atomic E-state index is 0.702. The zero-order valence-corrected chi connectivity index (χ0v) is 26.1. The van der Waals surface area contributed by atoms with Crippen LogP contribution < -0.4 is 0 Å². The SMILES string of the molecule is c1ccc(-c2nc(-c3ccccc3)c3cc(-n4c5ccccc5c5c6oc7ccccc7c6c6c7ccccc7oc6c54)ccc3n2)cc1. The Labute approximate surface area is 279 Å². The van der Waals surface area contributed by atoms with Gasteiger partial charge in [-0.25, -0.2) is 9.97 Å². The number of aromatic nitrogens is 3. The van der Waals surface area contributed by atoms with Crippen LogP contribution in [0.5, 0.6) is 0 Å². The van der Waals surface area contributed by atoms with E-state index in [0.717, 1.165) is 99.1 Å². The Morgan fingerprint density at radius 1 is 0.449 bits per heavy atom. The Kier molecular flexibility index (Phi) is 5.32. The van der Waals surface area contributed by atoms with Gasteiger partial charge in [0.15, 0.2) is 11.4 Å². The molecule has 0 bridgehead atoms. The van der Waals surface area contributed by atoms with E-state index in [1.54, 1.807) is 0 Å². The first-order valence-corrected chi connectivity index (χ1v) is 16.4. The normalized spacial score (nSPS) is 12.1. The molecule has 0 amide bonds. The fourth-order valence-corrected chi connectivity index (χ4v) is 7.67. The molecule has 7 aromatic carbocycles. The van der Waals surface area contributed by atoms with Gasteiger partial charge < -0.3 is 13.4 Å². The Hall–Kier alpha value is -6.72. The van der Waals surface area contributed by atoms with Crippen molar-refractivity contribution in [1.82, 2.24) is 14.5 Å². The van der Waals surface area contributed by atoms with Gasteiger partial charge in [0.05, 0.1) is 22.1 Å². The quantitative estimate of drug-likeness (QED) is 0.196. The van der Waals surface area contributed by atoms with Crippen molar-refractivity contribution in [3.63, 3.8) is 0 Å². The fraction of sp³-hybridized carbons (Fsp3) is 0. The highest BCUT2D eigenvalue weighted by molar-refractivity contribution is 6.38. The van der Waals surface area contributed by atoms with Crippen molar-refractivity contribution in [2.24, 2.45) is 0 Å². The van der Waals surface area contributed by atoms with Crippen molar-refractivity contribution in [3.8, 4) is 28.3 Å². The van der Waals surface area contributed by atoms with Crippen LogP contribution in [-0.4, -0.2) is 14.5 Å². The van der Waals surface area contributed by atoms with Crippen LogP contribution in [0.2, 0.25) is 0 Å². The van der Waals surface area contributed by atoms with E-state index in [9.17, 15) is 0 Å². The van der Waals surface area contributed by atoms with Gasteiger partial charge in [-0.3, -0.25) is 0 Å². The highest BCUT2D eigenvalue weighted by atomic mass is 16.3. The number of furan rings is 2. The number of fused-ring (bicyclic) bond motifs is 13. The first kappa shape index (κ1) is 26.4. The average Bonchev–Trinajstić information content (AvgIpc) is 3.85. The number of hydrogen-bond donors (Lipinski definition) is 0. The van der Waals surface area contributed by atoms with Crippen molar-refractivity contribution in [2.75, 3.05) is 0 Å². The first-order chi connectivity index (χ1) is 24.3. The van der Waals surface area contributed by atoms with E-state index >= 15 is 0 Å². The van der Waals surface area contributed by atoms with E-state index in [2.05, 4.69) is 108 Å². The van der Waals surface area contributed by atoms with Gasteiger partial charge in [0, 0.05) is 49.1 Å². The molecule has 0 unspecified atom stereocenters. The summed E-state index contributed by atoms with van der Waals surface area (Å²) in [5.41, 5.74) is 10.2. The molecule has 0 radical (unpaired) electrons. The molecule has 11 rings (SSSR count). The van der Waals surface area contributed by atoms with E-state index in [4.69, 9.17) is 18.8 Å². The van der Waals surface area contributed by atoms with Crippen molar-refractivity contribution >= 4 is 76.6 Å². The van der Waals surface area contributed by atoms with E-state index in [1.165, 1.54) is 0 Å². The van der Waals surface area contributed by atoms with Gasteiger partial charge in [-0.2, -0.15) is 0 Å². The molecule has 0 saturated heterocycles. The molecule has 228 valence electrons. The van der Waals surface area contributed by atoms with E-state index in [-0.39, 0.29) is 0 Å². The smallest absolute Gasteiger partial charge is 0.160 e. The molecule has 0 aliphatic carbocycles. The topological polar surface area (TPSA) is 57.0 Å². The lowest BCUT2D eigenvalue weighted by Gasteiger charge is -2.13. The molecular weight excluding hydrogens is 603 g/mol. The molecule has 4 aromatic heterocycles. The first-order valence-electron chi connectivity index (χ1n) is 16.4. The van der Waals surface area contributed by atoms with Crippen molar-refractivity contribution < 1.29 is 8.83 Å². The lowest BCUT2D eigenvalue weighted by Crippen LogP contribution is -1.98. The zero-order chi connectivity index (χ0) is 32.1. The Morgan fingerprint density at radius 3 is 1.78 bits per heavy atom. The predicted octanol–water partition coefficient (Wildman–Crippen LogP) is 11.9. The van der Waals surface area contributed by atoms with Gasteiger partial charge in [-0.05, 0) is 36.4 Å². The lowest BCUT2D eigenvalue weighted by atomic mass is 10.0. The molecule has 4 heterocycles. The number of rotatable bonds is 3. The molecule has 0 fully saturated rings. The van der Waals surface area contributed by atoms with Crippen molar-refractivity contribution in [3.05, 3.63) is 152 Å². The highest BCUT2D eigenvalue weighted by Gasteiger charge is 2.26. The highest BCUT2D eigenvalue weighted by Crippen LogP contribution is 2.48. The second-order valence-electron chi connectivity index (χ2n) is 12.5. The van der Waals surface area contributed by atoms with E-state index in [0.29, 0.717) is 5.82 Å². The van der Waals surface area contributed by atoms with Crippen LogP contribution in [0, 0.1) is 0 Å². The monoisotopic (exact) mass is 627 g/mol. The summed E-state index contributed by atoms with van der Waals surface area (Å²) >= 11 is 0. The maximum absolute atomic E-state index is 6.84. The summed E-state index contributed by atoms with van der Waals surface area (Å²) in [6.45, 7) is 0. The van der Waals surface area contributed by atoms with Gasteiger partial charge >= 0.3 is 0 Å². The number of hydrogen-bond acceptors (Lipinski definition) is 4. The minimum Gasteiger partial charge on any atom is -0.455 e. The fourth-order valence-electron chi connectivity index (χ4n) is 7.67. The number of nitrogens with zero attached hydrogens (tertiary/aromatic N) is 3. The molecule has 11 aromatic rings. The Balaban J connectivity index is 1.31. The zero-order valence-electron chi connectivity index (χ0n) is 26.1. The van der Waals surface area contributed by atoms with Crippen LogP contribution in [0.15, 0.2) is 160 Å². The maximum Gasteiger partial charge on any atom is 0.160 e. The van der Waals surface area contributed by atoms with Crippen molar-refractivity contribution in [2.45, 2.75) is 0 Å². The summed E-state index contributed by atoms with van der Waals surface area (Å²) in [5.74, 6) is 0.702. The van der Waals surface area contributed by atoms with E-state index in [1.807, 2.05) is 48.5 Å². The summed E-state index contributed by atoms with van der Waals surface area (Å²) in [4.78, 5) is 10.2. The molecule has 0 aliphatic heterocycles. The van der Waals surface area contributed by atoms with Crippen LogP contribution in [0.25, 0.3) is 105 Å².